The van der Waals surface area contributed by atoms with Crippen LogP contribution in [-0.4, -0.2) is 44.1 Å². The van der Waals surface area contributed by atoms with Gasteiger partial charge in [0.2, 0.25) is 5.91 Å². The Labute approximate surface area is 160 Å². The van der Waals surface area contributed by atoms with E-state index < -0.39 is 0 Å². The van der Waals surface area contributed by atoms with Crippen molar-refractivity contribution in [2.45, 2.75) is 52.0 Å². The van der Waals surface area contributed by atoms with Gasteiger partial charge in [0, 0.05) is 55.5 Å². The molecule has 0 bridgehead atoms. The highest BCUT2D eigenvalue weighted by molar-refractivity contribution is 5.79. The molecule has 0 spiro atoms. The third kappa shape index (κ3) is 3.09. The predicted molar refractivity (Wildman–Crippen MR) is 103 cm³/mol. The fourth-order valence-electron chi connectivity index (χ4n) is 4.68. The van der Waals surface area contributed by atoms with Gasteiger partial charge in [-0.25, -0.2) is 9.97 Å². The summed E-state index contributed by atoms with van der Waals surface area (Å²) in [5.74, 6) is 1.33. The summed E-state index contributed by atoms with van der Waals surface area (Å²) in [7, 11) is 3.87. The van der Waals surface area contributed by atoms with Crippen molar-refractivity contribution in [1.82, 2.24) is 24.6 Å². The number of anilines is 1. The number of aryl methyl sites for hydroxylation is 3. The van der Waals surface area contributed by atoms with Crippen LogP contribution in [0.1, 0.15) is 53.5 Å². The van der Waals surface area contributed by atoms with Crippen molar-refractivity contribution in [2.24, 2.45) is 13.0 Å². The first-order chi connectivity index (χ1) is 13.0. The second-order valence-electron chi connectivity index (χ2n) is 7.86. The molecular formula is C20H28N6O. The minimum atomic E-state index is 0.0522. The molecule has 4 rings (SSSR count). The van der Waals surface area contributed by atoms with Gasteiger partial charge in [-0.1, -0.05) is 0 Å². The van der Waals surface area contributed by atoms with E-state index >= 15 is 0 Å². The topological polar surface area (TPSA) is 75.9 Å². The molecule has 1 aliphatic heterocycles. The normalized spacial score (nSPS) is 22.2. The van der Waals surface area contributed by atoms with E-state index in [9.17, 15) is 4.79 Å². The second-order valence-corrected chi connectivity index (χ2v) is 7.86. The molecular weight excluding hydrogens is 340 g/mol. The van der Waals surface area contributed by atoms with Crippen LogP contribution in [0, 0.1) is 19.8 Å². The van der Waals surface area contributed by atoms with Crippen LogP contribution in [0.4, 0.5) is 5.82 Å². The van der Waals surface area contributed by atoms with Gasteiger partial charge in [-0.05, 0) is 39.5 Å². The van der Waals surface area contributed by atoms with Crippen LogP contribution in [0.3, 0.4) is 0 Å². The highest BCUT2D eigenvalue weighted by atomic mass is 16.2. The molecule has 1 fully saturated rings. The van der Waals surface area contributed by atoms with Crippen molar-refractivity contribution in [3.8, 4) is 0 Å². The number of likely N-dealkylation sites (tertiary alicyclic amines) is 1. The van der Waals surface area contributed by atoms with Gasteiger partial charge in [-0.3, -0.25) is 9.48 Å². The third-order valence-electron chi connectivity index (χ3n) is 6.21. The maximum Gasteiger partial charge on any atom is 0.223 e. The third-order valence-corrected chi connectivity index (χ3v) is 6.21. The molecule has 0 saturated carbocycles. The largest absolute Gasteiger partial charge is 0.369 e. The fraction of sp³-hybridized carbons (Fsp3) is 0.600. The first-order valence-corrected chi connectivity index (χ1v) is 9.79. The Morgan fingerprint density at radius 1 is 1.19 bits per heavy atom. The Kier molecular flexibility index (Phi) is 4.61. The maximum atomic E-state index is 12.5. The number of hydrogen-bond donors (Lipinski definition) is 1. The summed E-state index contributed by atoms with van der Waals surface area (Å²) < 4.78 is 1.91. The number of fused-ring (bicyclic) bond motifs is 1. The summed E-state index contributed by atoms with van der Waals surface area (Å²) in [5.41, 5.74) is 5.75. The number of nitrogens with zero attached hydrogens (tertiary/aromatic N) is 5. The van der Waals surface area contributed by atoms with Crippen molar-refractivity contribution >= 4 is 11.7 Å². The van der Waals surface area contributed by atoms with Gasteiger partial charge in [0.05, 0.1) is 11.7 Å². The molecule has 0 aromatic carbocycles. The summed E-state index contributed by atoms with van der Waals surface area (Å²) in [6, 6.07) is 0.0522. The zero-order chi connectivity index (χ0) is 19.1. The predicted octanol–water partition coefficient (Wildman–Crippen LogP) is 2.34. The van der Waals surface area contributed by atoms with Crippen LogP contribution >= 0.6 is 0 Å². The van der Waals surface area contributed by atoms with Crippen LogP contribution < -0.4 is 5.32 Å². The Morgan fingerprint density at radius 2 is 1.96 bits per heavy atom. The van der Waals surface area contributed by atoms with Gasteiger partial charge in [-0.15, -0.1) is 0 Å². The molecule has 2 atom stereocenters. The number of amides is 1. The van der Waals surface area contributed by atoms with E-state index in [0.29, 0.717) is 6.42 Å². The molecule has 2 aliphatic rings. The van der Waals surface area contributed by atoms with Crippen LogP contribution in [0.25, 0.3) is 0 Å². The highest BCUT2D eigenvalue weighted by Crippen LogP contribution is 2.40. The molecule has 1 saturated heterocycles. The quantitative estimate of drug-likeness (QED) is 0.896. The number of carbonyl (C=O) groups excluding carboxylic acids is 1. The zero-order valence-electron chi connectivity index (χ0n) is 16.6. The molecule has 27 heavy (non-hydrogen) atoms. The number of rotatable bonds is 4. The number of carbonyl (C=O) groups is 1. The number of aromatic nitrogens is 4. The van der Waals surface area contributed by atoms with Crippen molar-refractivity contribution in [2.75, 3.05) is 18.9 Å². The smallest absolute Gasteiger partial charge is 0.223 e. The maximum absolute atomic E-state index is 12.5. The minimum Gasteiger partial charge on any atom is -0.369 e. The average Bonchev–Trinajstić information content (AvgIpc) is 3.08. The molecule has 1 amide bonds. The van der Waals surface area contributed by atoms with Crippen LogP contribution in [0.15, 0.2) is 6.33 Å². The van der Waals surface area contributed by atoms with Crippen molar-refractivity contribution in [1.29, 1.82) is 0 Å². The van der Waals surface area contributed by atoms with E-state index in [0.717, 1.165) is 36.6 Å². The molecule has 0 radical (unpaired) electrons. The van der Waals surface area contributed by atoms with Crippen LogP contribution in [0.5, 0.6) is 0 Å². The minimum absolute atomic E-state index is 0.0522. The van der Waals surface area contributed by atoms with Crippen molar-refractivity contribution in [3.63, 3.8) is 0 Å². The Hall–Kier alpha value is -2.44. The van der Waals surface area contributed by atoms with Gasteiger partial charge >= 0.3 is 0 Å². The highest BCUT2D eigenvalue weighted by Gasteiger charge is 2.41. The molecule has 2 aromatic heterocycles. The molecule has 0 unspecified atom stereocenters. The molecule has 144 valence electrons. The van der Waals surface area contributed by atoms with E-state index in [1.807, 2.05) is 30.6 Å². The average molecular weight is 368 g/mol. The summed E-state index contributed by atoms with van der Waals surface area (Å²) in [6.45, 7) is 4.83. The first-order valence-electron chi connectivity index (χ1n) is 9.79. The lowest BCUT2D eigenvalue weighted by molar-refractivity contribution is -0.127. The lowest BCUT2D eigenvalue weighted by atomic mass is 9.92. The van der Waals surface area contributed by atoms with Gasteiger partial charge in [0.15, 0.2) is 0 Å². The van der Waals surface area contributed by atoms with Crippen LogP contribution in [0.2, 0.25) is 0 Å². The van der Waals surface area contributed by atoms with Gasteiger partial charge in [0.25, 0.3) is 0 Å². The number of nitrogens with one attached hydrogen (secondary N) is 1. The van der Waals surface area contributed by atoms with E-state index in [-0.39, 0.29) is 17.9 Å². The lowest BCUT2D eigenvalue weighted by Gasteiger charge is -2.26. The molecule has 3 heterocycles. The molecule has 7 nitrogen and oxygen atoms in total. The summed E-state index contributed by atoms with van der Waals surface area (Å²) in [6.07, 6.45) is 6.67. The van der Waals surface area contributed by atoms with E-state index in [4.69, 9.17) is 0 Å². The molecule has 1 N–H and O–H groups in total. The SMILES string of the molecule is Cc1nn(C)c(C)c1[C@H]1[C@H](CNc2ncnc3c2CCCC3)CC(=O)N1C. The van der Waals surface area contributed by atoms with Gasteiger partial charge in [0.1, 0.15) is 12.1 Å². The van der Waals surface area contributed by atoms with Crippen molar-refractivity contribution in [3.05, 3.63) is 34.5 Å². The Morgan fingerprint density at radius 3 is 2.70 bits per heavy atom. The summed E-state index contributed by atoms with van der Waals surface area (Å²) >= 11 is 0. The Balaban J connectivity index is 1.58. The monoisotopic (exact) mass is 368 g/mol. The number of hydrogen-bond acceptors (Lipinski definition) is 5. The van der Waals surface area contributed by atoms with Crippen molar-refractivity contribution < 1.29 is 4.79 Å². The fourth-order valence-corrected chi connectivity index (χ4v) is 4.68. The lowest BCUT2D eigenvalue weighted by Crippen LogP contribution is -2.28. The first kappa shape index (κ1) is 17.9. The zero-order valence-corrected chi connectivity index (χ0v) is 16.6. The molecule has 7 heteroatoms. The summed E-state index contributed by atoms with van der Waals surface area (Å²) in [4.78, 5) is 23.3. The van der Waals surface area contributed by atoms with Gasteiger partial charge in [-0.2, -0.15) is 5.10 Å². The Bertz CT molecular complexity index is 874. The van der Waals surface area contributed by atoms with Crippen LogP contribution in [-0.2, 0) is 24.7 Å². The van der Waals surface area contributed by atoms with E-state index in [1.54, 1.807) is 6.33 Å². The molecule has 1 aliphatic carbocycles. The van der Waals surface area contributed by atoms with E-state index in [2.05, 4.69) is 27.3 Å². The standard InChI is InChI=1S/C20H28N6O/c1-12-18(13(2)26(4)24-12)19-14(9-17(27)25(19)3)10-21-20-15-7-5-6-8-16(15)22-11-23-20/h11,14,19H,5-10H2,1-4H3,(H,21,22,23)/t14-,19+/m0/s1. The second kappa shape index (κ2) is 6.94. The summed E-state index contributed by atoms with van der Waals surface area (Å²) in [5, 5.41) is 8.11. The molecule has 2 aromatic rings. The van der Waals surface area contributed by atoms with E-state index in [1.165, 1.54) is 29.7 Å². The van der Waals surface area contributed by atoms with Gasteiger partial charge < -0.3 is 10.2 Å².